The fourth-order valence-electron chi connectivity index (χ4n) is 4.51. The minimum Gasteiger partial charge on any atom is -0.351 e. The van der Waals surface area contributed by atoms with E-state index in [1.807, 2.05) is 72.9 Å². The molecule has 6 rings (SSSR count). The van der Waals surface area contributed by atoms with Crippen molar-refractivity contribution >= 4 is 17.3 Å². The van der Waals surface area contributed by atoms with Gasteiger partial charge in [-0.3, -0.25) is 4.68 Å². The number of benzene rings is 1. The molecule has 1 atom stereocenters. The second-order valence-corrected chi connectivity index (χ2v) is 8.72. The first kappa shape index (κ1) is 21.2. The molecule has 10 heteroatoms. The molecule has 1 aliphatic heterocycles. The standard InChI is InChI=1S/C25H26N10/c1-32-15-21(14-30-32)19-11-22-24(29-17-31-35(22)16-19)33-7-9-34(10-8-33)25-27-12-20(13-28-25)23(26)18-5-3-2-4-6-18/h2-6,11-17,23H,7-10,26H2,1H3. The zero-order chi connectivity index (χ0) is 23.8. The molecule has 1 saturated heterocycles. The second-order valence-electron chi connectivity index (χ2n) is 8.72. The van der Waals surface area contributed by atoms with Crippen LogP contribution in [0.5, 0.6) is 0 Å². The van der Waals surface area contributed by atoms with Crippen molar-refractivity contribution in [3.05, 3.63) is 84.8 Å². The molecule has 1 fully saturated rings. The summed E-state index contributed by atoms with van der Waals surface area (Å²) < 4.78 is 3.68. The maximum atomic E-state index is 6.39. The Balaban J connectivity index is 1.16. The summed E-state index contributed by atoms with van der Waals surface area (Å²) in [5.41, 5.74) is 11.5. The summed E-state index contributed by atoms with van der Waals surface area (Å²) >= 11 is 0. The number of nitrogens with two attached hydrogens (primary N) is 1. The van der Waals surface area contributed by atoms with Crippen molar-refractivity contribution in [1.29, 1.82) is 0 Å². The molecule has 0 bridgehead atoms. The summed E-state index contributed by atoms with van der Waals surface area (Å²) in [5.74, 6) is 1.66. The topological polar surface area (TPSA) is 106 Å². The molecule has 4 aromatic heterocycles. The Kier molecular flexibility index (Phi) is 5.34. The molecule has 1 aliphatic rings. The zero-order valence-electron chi connectivity index (χ0n) is 19.4. The number of hydrogen-bond donors (Lipinski definition) is 1. The summed E-state index contributed by atoms with van der Waals surface area (Å²) in [4.78, 5) is 18.3. The third-order valence-electron chi connectivity index (χ3n) is 6.46. The molecule has 5 heterocycles. The van der Waals surface area contributed by atoms with Crippen molar-refractivity contribution in [2.75, 3.05) is 36.0 Å². The molecular weight excluding hydrogens is 440 g/mol. The van der Waals surface area contributed by atoms with E-state index in [0.717, 1.165) is 65.7 Å². The zero-order valence-corrected chi connectivity index (χ0v) is 19.4. The van der Waals surface area contributed by atoms with Gasteiger partial charge in [0.1, 0.15) is 11.8 Å². The highest BCUT2D eigenvalue weighted by Gasteiger charge is 2.23. The molecule has 176 valence electrons. The van der Waals surface area contributed by atoms with Gasteiger partial charge in [0.15, 0.2) is 5.82 Å². The molecule has 0 aliphatic carbocycles. The maximum absolute atomic E-state index is 6.39. The van der Waals surface area contributed by atoms with Crippen LogP contribution < -0.4 is 15.5 Å². The highest BCUT2D eigenvalue weighted by atomic mass is 15.4. The quantitative estimate of drug-likeness (QED) is 0.421. The number of piperazine rings is 1. The predicted octanol–water partition coefficient (Wildman–Crippen LogP) is 2.29. The Morgan fingerprint density at radius 3 is 2.26 bits per heavy atom. The van der Waals surface area contributed by atoms with Gasteiger partial charge in [-0.15, -0.1) is 0 Å². The Hall–Kier alpha value is -4.31. The molecule has 0 amide bonds. The van der Waals surface area contributed by atoms with Crippen LogP contribution in [0.3, 0.4) is 0 Å². The molecule has 2 N–H and O–H groups in total. The first-order chi connectivity index (χ1) is 17.2. The lowest BCUT2D eigenvalue weighted by Crippen LogP contribution is -2.47. The van der Waals surface area contributed by atoms with Gasteiger partial charge in [-0.2, -0.15) is 10.2 Å². The molecule has 10 nitrogen and oxygen atoms in total. The lowest BCUT2D eigenvalue weighted by molar-refractivity contribution is 0.632. The average Bonchev–Trinajstić information content (AvgIpc) is 3.55. The summed E-state index contributed by atoms with van der Waals surface area (Å²) in [5, 5.41) is 8.69. The van der Waals surface area contributed by atoms with Gasteiger partial charge in [0.25, 0.3) is 0 Å². The molecule has 35 heavy (non-hydrogen) atoms. The van der Waals surface area contributed by atoms with Crippen LogP contribution in [0.4, 0.5) is 11.8 Å². The molecule has 0 saturated carbocycles. The largest absolute Gasteiger partial charge is 0.351 e. The van der Waals surface area contributed by atoms with Gasteiger partial charge in [0.05, 0.1) is 12.2 Å². The number of nitrogens with zero attached hydrogens (tertiary/aromatic N) is 9. The molecule has 1 aromatic carbocycles. The summed E-state index contributed by atoms with van der Waals surface area (Å²) in [6, 6.07) is 11.9. The van der Waals surface area contributed by atoms with Crippen LogP contribution in [-0.4, -0.2) is 60.5 Å². The fraction of sp³-hybridized carbons (Fsp3) is 0.240. The normalized spacial score (nSPS) is 15.0. The van der Waals surface area contributed by atoms with Gasteiger partial charge < -0.3 is 15.5 Å². The van der Waals surface area contributed by atoms with E-state index in [2.05, 4.69) is 41.0 Å². The van der Waals surface area contributed by atoms with E-state index in [4.69, 9.17) is 5.73 Å². The number of fused-ring (bicyclic) bond motifs is 1. The molecule has 0 radical (unpaired) electrons. The Morgan fingerprint density at radius 2 is 1.54 bits per heavy atom. The van der Waals surface area contributed by atoms with Crippen LogP contribution in [0.25, 0.3) is 16.6 Å². The van der Waals surface area contributed by atoms with Crippen molar-refractivity contribution in [3.63, 3.8) is 0 Å². The summed E-state index contributed by atoms with van der Waals surface area (Å²) in [7, 11) is 1.92. The van der Waals surface area contributed by atoms with Crippen molar-refractivity contribution in [3.8, 4) is 11.1 Å². The van der Waals surface area contributed by atoms with Gasteiger partial charge in [-0.1, -0.05) is 30.3 Å². The van der Waals surface area contributed by atoms with E-state index in [0.29, 0.717) is 0 Å². The van der Waals surface area contributed by atoms with E-state index < -0.39 is 0 Å². The molecular formula is C25H26N10. The number of aryl methyl sites for hydroxylation is 1. The van der Waals surface area contributed by atoms with Crippen molar-refractivity contribution in [2.45, 2.75) is 6.04 Å². The first-order valence-electron chi connectivity index (χ1n) is 11.6. The smallest absolute Gasteiger partial charge is 0.225 e. The highest BCUT2D eigenvalue weighted by Crippen LogP contribution is 2.27. The van der Waals surface area contributed by atoms with Crippen LogP contribution >= 0.6 is 0 Å². The number of aromatic nitrogens is 7. The Labute approximate surface area is 202 Å². The third kappa shape index (κ3) is 4.08. The lowest BCUT2D eigenvalue weighted by atomic mass is 10.0. The minimum absolute atomic E-state index is 0.235. The Bertz CT molecular complexity index is 1430. The van der Waals surface area contributed by atoms with Crippen molar-refractivity contribution in [1.82, 2.24) is 34.3 Å². The average molecular weight is 467 g/mol. The monoisotopic (exact) mass is 466 g/mol. The van der Waals surface area contributed by atoms with E-state index in [1.165, 1.54) is 0 Å². The third-order valence-corrected chi connectivity index (χ3v) is 6.46. The van der Waals surface area contributed by atoms with Gasteiger partial charge in [0.2, 0.25) is 5.95 Å². The summed E-state index contributed by atoms with van der Waals surface area (Å²) in [6.07, 6.45) is 11.2. The molecule has 5 aromatic rings. The Morgan fingerprint density at radius 1 is 0.800 bits per heavy atom. The van der Waals surface area contributed by atoms with Crippen LogP contribution in [0.15, 0.2) is 73.7 Å². The van der Waals surface area contributed by atoms with E-state index in [-0.39, 0.29) is 6.04 Å². The minimum atomic E-state index is -0.235. The lowest BCUT2D eigenvalue weighted by Gasteiger charge is -2.35. The van der Waals surface area contributed by atoms with Gasteiger partial charge in [-0.05, 0) is 11.6 Å². The first-order valence-corrected chi connectivity index (χ1v) is 11.6. The predicted molar refractivity (Wildman–Crippen MR) is 134 cm³/mol. The number of anilines is 2. The van der Waals surface area contributed by atoms with E-state index in [9.17, 15) is 0 Å². The van der Waals surface area contributed by atoms with Crippen LogP contribution in [0.2, 0.25) is 0 Å². The SMILES string of the molecule is Cn1cc(-c2cc3c(N4CCN(c5ncc(C(N)c6ccccc6)cn5)CC4)ncnn3c2)cn1. The number of hydrogen-bond acceptors (Lipinski definition) is 8. The summed E-state index contributed by atoms with van der Waals surface area (Å²) in [6.45, 7) is 3.23. The maximum Gasteiger partial charge on any atom is 0.225 e. The van der Waals surface area contributed by atoms with E-state index >= 15 is 0 Å². The number of rotatable bonds is 5. The van der Waals surface area contributed by atoms with Crippen LogP contribution in [-0.2, 0) is 7.05 Å². The van der Waals surface area contributed by atoms with Crippen molar-refractivity contribution < 1.29 is 0 Å². The van der Waals surface area contributed by atoms with Crippen LogP contribution in [0.1, 0.15) is 17.2 Å². The van der Waals surface area contributed by atoms with Crippen molar-refractivity contribution in [2.24, 2.45) is 12.8 Å². The molecule has 0 spiro atoms. The van der Waals surface area contributed by atoms with Gasteiger partial charge in [0, 0.05) is 74.7 Å². The second kappa shape index (κ2) is 8.80. The van der Waals surface area contributed by atoms with Crippen LogP contribution in [0, 0.1) is 0 Å². The highest BCUT2D eigenvalue weighted by molar-refractivity contribution is 5.77. The van der Waals surface area contributed by atoms with Gasteiger partial charge >= 0.3 is 0 Å². The van der Waals surface area contributed by atoms with Gasteiger partial charge in [-0.25, -0.2) is 19.5 Å². The van der Waals surface area contributed by atoms with E-state index in [1.54, 1.807) is 11.0 Å². The molecule has 1 unspecified atom stereocenters. The fourth-order valence-corrected chi connectivity index (χ4v) is 4.51.